The van der Waals surface area contributed by atoms with Crippen LogP contribution in [0.2, 0.25) is 5.02 Å². The van der Waals surface area contributed by atoms with Gasteiger partial charge in [-0.1, -0.05) is 17.7 Å². The average molecular weight is 407 g/mol. The van der Waals surface area contributed by atoms with Crippen molar-refractivity contribution in [3.05, 3.63) is 71.3 Å². The molecule has 1 aromatic carbocycles. The van der Waals surface area contributed by atoms with Gasteiger partial charge in [0.05, 0.1) is 23.6 Å². The molecule has 7 nitrogen and oxygen atoms in total. The SMILES string of the molecule is O=C(Nc1ccnc2ccnn12)c1cnn(-c2cccc(Cl)c2)c1C(F)(F)F. The quantitative estimate of drug-likeness (QED) is 0.561. The van der Waals surface area contributed by atoms with Gasteiger partial charge in [0, 0.05) is 17.3 Å². The molecule has 1 N–H and O–H groups in total. The maximum Gasteiger partial charge on any atom is 0.434 e. The summed E-state index contributed by atoms with van der Waals surface area (Å²) in [6.07, 6.45) is -1.10. The minimum atomic E-state index is -4.83. The lowest BCUT2D eigenvalue weighted by atomic mass is 10.2. The third-order valence-electron chi connectivity index (χ3n) is 3.87. The Morgan fingerprint density at radius 2 is 1.93 bits per heavy atom. The van der Waals surface area contributed by atoms with E-state index in [9.17, 15) is 18.0 Å². The lowest BCUT2D eigenvalue weighted by molar-refractivity contribution is -0.143. The van der Waals surface area contributed by atoms with Crippen molar-refractivity contribution in [2.45, 2.75) is 6.18 Å². The summed E-state index contributed by atoms with van der Waals surface area (Å²) in [6, 6.07) is 8.76. The van der Waals surface area contributed by atoms with E-state index >= 15 is 0 Å². The van der Waals surface area contributed by atoms with E-state index in [2.05, 4.69) is 20.5 Å². The molecule has 0 aliphatic carbocycles. The minimum absolute atomic E-state index is 0.0808. The van der Waals surface area contributed by atoms with Gasteiger partial charge in [0.25, 0.3) is 5.91 Å². The van der Waals surface area contributed by atoms with E-state index in [1.54, 1.807) is 6.07 Å². The second-order valence-electron chi connectivity index (χ2n) is 5.68. The molecule has 0 bridgehead atoms. The predicted molar refractivity (Wildman–Crippen MR) is 94.5 cm³/mol. The van der Waals surface area contributed by atoms with Crippen LogP contribution >= 0.6 is 11.6 Å². The fourth-order valence-corrected chi connectivity index (χ4v) is 2.89. The number of carbonyl (C=O) groups is 1. The van der Waals surface area contributed by atoms with Gasteiger partial charge in [-0.2, -0.15) is 27.9 Å². The molecule has 0 aliphatic heterocycles. The van der Waals surface area contributed by atoms with Gasteiger partial charge in [-0.3, -0.25) is 4.79 Å². The molecule has 3 aromatic heterocycles. The van der Waals surface area contributed by atoms with Crippen LogP contribution in [0.15, 0.2) is 55.0 Å². The monoisotopic (exact) mass is 406 g/mol. The van der Waals surface area contributed by atoms with E-state index in [0.29, 0.717) is 10.3 Å². The molecule has 0 radical (unpaired) electrons. The van der Waals surface area contributed by atoms with Gasteiger partial charge in [0.15, 0.2) is 11.3 Å². The van der Waals surface area contributed by atoms with Crippen molar-refractivity contribution in [3.8, 4) is 5.69 Å². The van der Waals surface area contributed by atoms with Crippen molar-refractivity contribution in [2.24, 2.45) is 0 Å². The topological polar surface area (TPSA) is 77.1 Å². The largest absolute Gasteiger partial charge is 0.434 e. The highest BCUT2D eigenvalue weighted by Crippen LogP contribution is 2.34. The molecule has 1 amide bonds. The Labute approximate surface area is 160 Å². The summed E-state index contributed by atoms with van der Waals surface area (Å²) in [7, 11) is 0. The Morgan fingerprint density at radius 3 is 2.68 bits per heavy atom. The molecule has 11 heteroatoms. The second-order valence-corrected chi connectivity index (χ2v) is 6.12. The van der Waals surface area contributed by atoms with Crippen LogP contribution in [0.3, 0.4) is 0 Å². The average Bonchev–Trinajstić information content (AvgIpc) is 3.29. The van der Waals surface area contributed by atoms with Crippen molar-refractivity contribution in [1.29, 1.82) is 0 Å². The van der Waals surface area contributed by atoms with E-state index in [4.69, 9.17) is 11.6 Å². The third-order valence-corrected chi connectivity index (χ3v) is 4.10. The molecule has 0 unspecified atom stereocenters. The summed E-state index contributed by atoms with van der Waals surface area (Å²) in [5.74, 6) is -0.813. The molecule has 4 rings (SSSR count). The number of aromatic nitrogens is 5. The number of halogens is 4. The van der Waals surface area contributed by atoms with Crippen molar-refractivity contribution in [3.63, 3.8) is 0 Å². The van der Waals surface area contributed by atoms with E-state index in [1.807, 2.05) is 0 Å². The van der Waals surface area contributed by atoms with E-state index in [0.717, 1.165) is 6.20 Å². The highest BCUT2D eigenvalue weighted by atomic mass is 35.5. The van der Waals surface area contributed by atoms with Crippen LogP contribution < -0.4 is 5.32 Å². The normalized spacial score (nSPS) is 11.7. The van der Waals surface area contributed by atoms with Crippen molar-refractivity contribution >= 4 is 29.0 Å². The number of amides is 1. The molecule has 0 aliphatic rings. The lowest BCUT2D eigenvalue weighted by Crippen LogP contribution is -2.21. The molecule has 0 saturated carbocycles. The molecule has 28 heavy (non-hydrogen) atoms. The first-order valence-electron chi connectivity index (χ1n) is 7.86. The van der Waals surface area contributed by atoms with Gasteiger partial charge in [-0.05, 0) is 24.3 Å². The van der Waals surface area contributed by atoms with E-state index in [-0.39, 0.29) is 16.5 Å². The molecule has 142 valence electrons. The first-order valence-corrected chi connectivity index (χ1v) is 8.23. The standard InChI is InChI=1S/C17H10ClF3N6O/c18-10-2-1-3-11(8-10)26-15(17(19,20)21)12(9-24-26)16(28)25-14-4-6-22-13-5-7-23-27(13)14/h1-9H,(H,25,28). The molecule has 0 spiro atoms. The molecule has 3 heterocycles. The minimum Gasteiger partial charge on any atom is -0.306 e. The Morgan fingerprint density at radius 1 is 1.11 bits per heavy atom. The summed E-state index contributed by atoms with van der Waals surface area (Å²) < 4.78 is 43.1. The summed E-state index contributed by atoms with van der Waals surface area (Å²) in [5, 5.41) is 10.4. The number of carbonyl (C=O) groups excluding carboxylic acids is 1. The summed E-state index contributed by atoms with van der Waals surface area (Å²) >= 11 is 5.87. The van der Waals surface area contributed by atoms with Gasteiger partial charge in [-0.15, -0.1) is 0 Å². The van der Waals surface area contributed by atoms with Gasteiger partial charge >= 0.3 is 6.18 Å². The van der Waals surface area contributed by atoms with Crippen LogP contribution in [0, 0.1) is 0 Å². The van der Waals surface area contributed by atoms with Gasteiger partial charge < -0.3 is 5.32 Å². The van der Waals surface area contributed by atoms with Crippen molar-refractivity contribution in [1.82, 2.24) is 24.4 Å². The van der Waals surface area contributed by atoms with Crippen molar-refractivity contribution in [2.75, 3.05) is 5.32 Å². The second kappa shape index (κ2) is 6.64. The Bertz CT molecular complexity index is 1180. The molecule has 0 saturated heterocycles. The van der Waals surface area contributed by atoms with E-state index < -0.39 is 23.3 Å². The molecule has 4 aromatic rings. The Balaban J connectivity index is 1.77. The molecule has 0 fully saturated rings. The zero-order valence-corrected chi connectivity index (χ0v) is 14.6. The summed E-state index contributed by atoms with van der Waals surface area (Å²) in [5.41, 5.74) is -1.33. The third kappa shape index (κ3) is 3.18. The van der Waals surface area contributed by atoms with Gasteiger partial charge in [0.2, 0.25) is 0 Å². The van der Waals surface area contributed by atoms with Crippen LogP contribution in [0.5, 0.6) is 0 Å². The maximum atomic E-state index is 13.7. The van der Waals surface area contributed by atoms with Crippen LogP contribution in [0.4, 0.5) is 19.0 Å². The first kappa shape index (κ1) is 18.0. The smallest absolute Gasteiger partial charge is 0.306 e. The number of hydrogen-bond acceptors (Lipinski definition) is 4. The number of rotatable bonds is 3. The number of alkyl halides is 3. The lowest BCUT2D eigenvalue weighted by Gasteiger charge is -2.13. The Hall–Kier alpha value is -3.40. The van der Waals surface area contributed by atoms with Crippen LogP contribution in [-0.4, -0.2) is 30.3 Å². The van der Waals surface area contributed by atoms with Crippen LogP contribution in [0.25, 0.3) is 11.3 Å². The number of benzene rings is 1. The first-order chi connectivity index (χ1) is 13.3. The maximum absolute atomic E-state index is 13.7. The van der Waals surface area contributed by atoms with E-state index in [1.165, 1.54) is 47.2 Å². The number of hydrogen-bond donors (Lipinski definition) is 1. The highest BCUT2D eigenvalue weighted by Gasteiger charge is 2.40. The fourth-order valence-electron chi connectivity index (χ4n) is 2.70. The number of nitrogens with zero attached hydrogens (tertiary/aromatic N) is 5. The number of anilines is 1. The summed E-state index contributed by atoms with van der Waals surface area (Å²) in [4.78, 5) is 16.6. The fraction of sp³-hybridized carbons (Fsp3) is 0.0588. The summed E-state index contributed by atoms with van der Waals surface area (Å²) in [6.45, 7) is 0. The zero-order valence-electron chi connectivity index (χ0n) is 13.9. The van der Waals surface area contributed by atoms with Gasteiger partial charge in [0.1, 0.15) is 5.82 Å². The number of fused-ring (bicyclic) bond motifs is 1. The molecular formula is C17H10ClF3N6O. The molecular weight excluding hydrogens is 397 g/mol. The Kier molecular flexibility index (Phi) is 4.27. The highest BCUT2D eigenvalue weighted by molar-refractivity contribution is 6.30. The predicted octanol–water partition coefficient (Wildman–Crippen LogP) is 3.84. The van der Waals surface area contributed by atoms with Crippen molar-refractivity contribution < 1.29 is 18.0 Å². The van der Waals surface area contributed by atoms with Gasteiger partial charge in [-0.25, -0.2) is 9.67 Å². The molecule has 0 atom stereocenters. The van der Waals surface area contributed by atoms with Crippen LogP contribution in [-0.2, 0) is 6.18 Å². The zero-order chi connectivity index (χ0) is 19.9. The number of nitrogens with one attached hydrogen (secondary N) is 1. The van der Waals surface area contributed by atoms with Crippen LogP contribution in [0.1, 0.15) is 16.1 Å².